The van der Waals surface area contributed by atoms with Gasteiger partial charge in [-0.3, -0.25) is 60.7 Å². The van der Waals surface area contributed by atoms with E-state index >= 15 is 0 Å². The molecular formula is C85H180N5O35P5+2. The number of phosphoric acid groups is 3. The average molecular weight is 1990 g/mol. The number of carbonyl (C=O) groups is 7. The Kier molecular flexibility index (Phi) is 99.5. The number of aliphatic hydroxyl groups excluding tert-OH is 4. The first-order chi connectivity index (χ1) is 60.4. The van der Waals surface area contributed by atoms with Crippen LogP contribution in [0.2, 0.25) is 0 Å². The summed E-state index contributed by atoms with van der Waals surface area (Å²) in [4.78, 5) is 109. The van der Waals surface area contributed by atoms with E-state index in [2.05, 4.69) is 94.8 Å². The average Bonchev–Trinajstić information content (AvgIpc) is 0.856. The summed E-state index contributed by atoms with van der Waals surface area (Å²) in [5.41, 5.74) is 0. The maximum atomic E-state index is 11.9. The van der Waals surface area contributed by atoms with Crippen LogP contribution in [0.15, 0.2) is 0 Å². The lowest BCUT2D eigenvalue weighted by molar-refractivity contribution is -0.134. The highest BCUT2D eigenvalue weighted by molar-refractivity contribution is 7.48. The molecule has 1 aliphatic rings. The van der Waals surface area contributed by atoms with Gasteiger partial charge >= 0.3 is 40.0 Å². The second-order valence-corrected chi connectivity index (χ2v) is 40.3. The lowest BCUT2D eigenvalue weighted by Crippen LogP contribution is -2.41. The molecule has 1 rings (SSSR count). The predicted octanol–water partition coefficient (Wildman–Crippen LogP) is 13.9. The van der Waals surface area contributed by atoms with Crippen molar-refractivity contribution >= 4 is 81.0 Å². The number of hydrogen-bond donors (Lipinski definition) is 11. The second-order valence-electron chi connectivity index (χ2n) is 34.3. The second kappa shape index (κ2) is 90.9. The summed E-state index contributed by atoms with van der Waals surface area (Å²) in [7, 11) is -14.6. The smallest absolute Gasteiger partial charge is 0.400 e. The van der Waals surface area contributed by atoms with E-state index in [1.54, 1.807) is 74.1 Å². The third-order valence-electron chi connectivity index (χ3n) is 15.4. The van der Waals surface area contributed by atoms with Crippen molar-refractivity contribution in [2.24, 2.45) is 59.2 Å². The van der Waals surface area contributed by atoms with Crippen LogP contribution in [-0.2, 0) is 130 Å². The number of rotatable bonds is 65. The molecule has 4 amide bonds. The van der Waals surface area contributed by atoms with Crippen LogP contribution in [0.4, 0.5) is 0 Å². The molecule has 130 heavy (non-hydrogen) atoms. The molecule has 1 fully saturated rings. The number of carbonyl (C=O) groups excluding carboxylic acids is 7. The number of nitrogens with zero attached hydrogens (tertiary/aromatic N) is 1. The van der Waals surface area contributed by atoms with E-state index in [0.717, 1.165) is 46.6 Å². The highest BCUT2D eigenvalue weighted by Gasteiger charge is 2.32. The topological polar surface area (TPSA) is 545 Å². The number of hydrogen-bond acceptors (Lipinski definition) is 33. The summed E-state index contributed by atoms with van der Waals surface area (Å²) in [6.45, 7) is 57.4. The van der Waals surface area contributed by atoms with E-state index in [9.17, 15) is 76.2 Å². The number of likely N-dealkylation sites (tertiary alicyclic amines) is 1. The van der Waals surface area contributed by atoms with Crippen LogP contribution in [-0.4, -0.2) is 270 Å². The molecule has 0 bridgehead atoms. The molecule has 0 radical (unpaired) electrons. The van der Waals surface area contributed by atoms with Gasteiger partial charge in [0, 0.05) is 150 Å². The molecule has 778 valence electrons. The quantitative estimate of drug-likeness (QED) is 0.0153. The van der Waals surface area contributed by atoms with Gasteiger partial charge in [0.15, 0.2) is 6.79 Å². The Morgan fingerprint density at radius 2 is 0.823 bits per heavy atom. The van der Waals surface area contributed by atoms with E-state index in [1.165, 1.54) is 0 Å². The van der Waals surface area contributed by atoms with Crippen LogP contribution in [0, 0.1) is 59.2 Å². The zero-order chi connectivity index (χ0) is 102. The maximum Gasteiger partial charge on any atom is 0.700 e. The molecule has 7 atom stereocenters. The molecule has 1 saturated heterocycles. The molecule has 11 N–H and O–H groups in total. The van der Waals surface area contributed by atoms with Crippen LogP contribution < -0.4 is 21.3 Å². The first-order valence-electron chi connectivity index (χ1n) is 45.0. The Morgan fingerprint density at radius 1 is 0.408 bits per heavy atom. The Balaban J connectivity index is -0.000000223. The minimum Gasteiger partial charge on any atom is -0.400 e. The summed E-state index contributed by atoms with van der Waals surface area (Å²) in [5, 5.41) is 43.7. The van der Waals surface area contributed by atoms with Gasteiger partial charge in [-0.25, -0.2) is 13.7 Å². The van der Waals surface area contributed by atoms with Gasteiger partial charge in [0.25, 0.3) is 0 Å². The summed E-state index contributed by atoms with van der Waals surface area (Å²) in [5.74, 6) is 2.21. The minimum atomic E-state index is -4.15. The molecule has 0 aliphatic carbocycles. The van der Waals surface area contributed by atoms with Gasteiger partial charge in [0.05, 0.1) is 83.9 Å². The van der Waals surface area contributed by atoms with E-state index in [-0.39, 0.29) is 175 Å². The zero-order valence-electron chi connectivity index (χ0n) is 84.5. The van der Waals surface area contributed by atoms with Crippen LogP contribution in [0.25, 0.3) is 0 Å². The summed E-state index contributed by atoms with van der Waals surface area (Å²) in [6.07, 6.45) is 4.63. The molecule has 0 aromatic carbocycles. The van der Waals surface area contributed by atoms with E-state index in [0.29, 0.717) is 113 Å². The van der Waals surface area contributed by atoms with Gasteiger partial charge in [-0.2, -0.15) is 0 Å². The zero-order valence-corrected chi connectivity index (χ0v) is 89.0. The number of amides is 4. The van der Waals surface area contributed by atoms with Crippen LogP contribution in [0.1, 0.15) is 264 Å². The third-order valence-corrected chi connectivity index (χ3v) is 20.6. The van der Waals surface area contributed by atoms with Gasteiger partial charge in [0.1, 0.15) is 36.4 Å². The monoisotopic (exact) mass is 1990 g/mol. The summed E-state index contributed by atoms with van der Waals surface area (Å²) < 4.78 is 136. The van der Waals surface area contributed by atoms with Gasteiger partial charge in [-0.05, 0) is 125 Å². The molecule has 0 aromatic rings. The van der Waals surface area contributed by atoms with Crippen LogP contribution >= 0.6 is 40.0 Å². The van der Waals surface area contributed by atoms with Crippen molar-refractivity contribution in [3.63, 3.8) is 0 Å². The molecule has 1 aliphatic heterocycles. The Labute approximate surface area is 781 Å². The Bertz CT molecular complexity index is 2930. The molecule has 0 aromatic heterocycles. The Morgan fingerprint density at radius 3 is 1.20 bits per heavy atom. The van der Waals surface area contributed by atoms with Gasteiger partial charge in [-0.15, -0.1) is 9.05 Å². The first kappa shape index (κ1) is 142. The fraction of sp³-hybridized carbons (Fsp3) is 0.918. The molecule has 0 saturated carbocycles. The van der Waals surface area contributed by atoms with E-state index < -0.39 is 64.9 Å². The highest BCUT2D eigenvalue weighted by atomic mass is 31.2. The Hall–Kier alpha value is -3.18. The van der Waals surface area contributed by atoms with Crippen molar-refractivity contribution in [3.05, 3.63) is 0 Å². The number of aliphatic hydroxyl groups is 4. The SMILES string of the molecule is CC(C)CC(=O)CCNC(C)C.CC(C)CCNC(=O)CCC(=O)C(C)C.CC(C)CCOCCNC(=O)C(C)C.CC(C)COP(=O)(O)OC1CCN(C(=O)CC(C)C)CC1.CC(C)OCOCC(CO)COCO[P+](=O)OC(C)C.CC(C)OP(=O)(O)OCCNC(=O)CCC(=O)C(C)C.CC(C)O[P+](=O)OCOCC(CO)COCOP(=O)(O)OC(C)C.CO.CO. The fourth-order valence-corrected chi connectivity index (χ4v) is 12.8. The van der Waals surface area contributed by atoms with Gasteiger partial charge in [0.2, 0.25) is 37.2 Å². The molecule has 45 heteroatoms. The standard InChI is InChI=1S/C14H28NO5P.C12H24NO6P.C12H23NO2.C12H26O10P2.C12H26O7P.C11H23NO2.C10H21NO.2CH4O/c1-11(2)9-14(16)15-7-5-13(6-8-15)20-21(17,18)19-10-12(3)4;1-9(2)11(14)5-6-12(15)13-7-8-18-20(16,17)19-10(3)4;1-9(2)7-8-13-12(15)6-5-11(14)10(3)4;1-10(2)21-23(14)19-8-17-6-12(5-13)7-18-9-20-24(15,16)22-11(3)4;1-10(2)17-8-15-6-12(5-13)7-16-9-18-20(14)19-11(3)4;1-9(2)5-7-14-8-6-12-11(13)10(3)4;1-8(2)7-10(12)5-6-11-9(3)4;2*1-2/h11-13H,5-10H2,1-4H3,(H,17,18);9-10H,5-8H2,1-4H3,(H,13,15)(H,16,17);9-10H,5-8H2,1-4H3,(H,13,15);10-13H,5-9H2,1-4H3;10-13H,5-9H2,1-4H3;9-10H,5-8H2,1-4H3,(H,12,13);8-9,11H,5-7H2,1-4H3;2*2H,1H3/q;;;;+1;;;;/p+1. The third kappa shape index (κ3) is 110. The molecule has 40 nitrogen and oxygen atoms in total. The minimum absolute atomic E-state index is 0.00958. The first-order valence-corrected chi connectivity index (χ1v) is 51.6. The van der Waals surface area contributed by atoms with Gasteiger partial charge in [-0.1, -0.05) is 134 Å². The molecule has 0 spiro atoms. The van der Waals surface area contributed by atoms with E-state index in [4.69, 9.17) is 70.9 Å². The fourth-order valence-electron chi connectivity index (χ4n) is 8.77. The van der Waals surface area contributed by atoms with Crippen molar-refractivity contribution in [2.45, 2.75) is 307 Å². The molecular weight excluding hydrogens is 1810 g/mol. The van der Waals surface area contributed by atoms with E-state index in [1.807, 2.05) is 69.2 Å². The highest BCUT2D eigenvalue weighted by Crippen LogP contribution is 2.47. The lowest BCUT2D eigenvalue weighted by Gasteiger charge is -2.32. The number of nitrogens with one attached hydrogen (secondary N) is 4. The normalized spacial score (nSPS) is 14.2. The van der Waals surface area contributed by atoms with Crippen molar-refractivity contribution < 1.29 is 165 Å². The van der Waals surface area contributed by atoms with Gasteiger partial charge < -0.3 is 89.7 Å². The number of ketones is 3. The lowest BCUT2D eigenvalue weighted by atomic mass is 10.0. The van der Waals surface area contributed by atoms with Crippen molar-refractivity contribution in [3.8, 4) is 0 Å². The van der Waals surface area contributed by atoms with Crippen molar-refractivity contribution in [2.75, 3.05) is 147 Å². The van der Waals surface area contributed by atoms with Crippen molar-refractivity contribution in [1.29, 1.82) is 0 Å². The summed E-state index contributed by atoms with van der Waals surface area (Å²) >= 11 is 0. The molecule has 7 unspecified atom stereocenters. The van der Waals surface area contributed by atoms with Crippen LogP contribution in [0.3, 0.4) is 0 Å². The molecule has 1 heterocycles. The predicted molar refractivity (Wildman–Crippen MR) is 501 cm³/mol. The maximum absolute atomic E-state index is 11.9. The van der Waals surface area contributed by atoms with Crippen molar-refractivity contribution in [1.82, 2.24) is 26.2 Å². The number of phosphoric ester groups is 3. The number of ether oxygens (including phenoxy) is 6. The van der Waals surface area contributed by atoms with Crippen LogP contribution in [0.5, 0.6) is 0 Å². The number of Topliss-reactive ketones (excluding diaryl/α,β-unsaturated/α-hetero) is 3. The summed E-state index contributed by atoms with van der Waals surface area (Å²) in [6, 6.07) is 0.483. The largest absolute Gasteiger partial charge is 0.700 e. The number of piperidine rings is 1.